The van der Waals surface area contributed by atoms with E-state index in [0.29, 0.717) is 19.0 Å². The molecule has 0 atom stereocenters. The van der Waals surface area contributed by atoms with E-state index in [9.17, 15) is 9.59 Å². The van der Waals surface area contributed by atoms with Crippen LogP contribution >= 0.6 is 0 Å². The van der Waals surface area contributed by atoms with Gasteiger partial charge in [-0.2, -0.15) is 0 Å². The number of hydrogen-bond donors (Lipinski definition) is 1. The first-order valence-electron chi connectivity index (χ1n) is 7.81. The second-order valence-corrected chi connectivity index (χ2v) is 6.16. The highest BCUT2D eigenvalue weighted by Crippen LogP contribution is 2.42. The first-order valence-corrected chi connectivity index (χ1v) is 7.81. The zero-order valence-electron chi connectivity index (χ0n) is 12.4. The Balaban J connectivity index is 1.95. The van der Waals surface area contributed by atoms with Gasteiger partial charge in [-0.1, -0.05) is 19.8 Å². The van der Waals surface area contributed by atoms with Gasteiger partial charge in [0.1, 0.15) is 0 Å². The third-order valence-corrected chi connectivity index (χ3v) is 4.93. The predicted octanol–water partition coefficient (Wildman–Crippen LogP) is 1.58. The molecule has 2 rings (SSSR count). The maximum atomic E-state index is 12.8. The second-order valence-electron chi connectivity index (χ2n) is 6.16. The smallest absolute Gasteiger partial charge is 0.317 e. The van der Waals surface area contributed by atoms with Crippen LogP contribution in [0.1, 0.15) is 45.4 Å². The lowest BCUT2D eigenvalue weighted by molar-refractivity contribution is -0.142. The number of rotatable bonds is 4. The minimum absolute atomic E-state index is 0.0843. The van der Waals surface area contributed by atoms with Crippen molar-refractivity contribution in [2.75, 3.05) is 32.7 Å². The fourth-order valence-electron chi connectivity index (χ4n) is 3.63. The zero-order valence-corrected chi connectivity index (χ0v) is 12.4. The van der Waals surface area contributed by atoms with Crippen molar-refractivity contribution in [3.63, 3.8) is 0 Å². The van der Waals surface area contributed by atoms with Gasteiger partial charge in [0, 0.05) is 31.6 Å². The predicted molar refractivity (Wildman–Crippen MR) is 76.5 cm³/mol. The summed E-state index contributed by atoms with van der Waals surface area (Å²) in [4.78, 5) is 27.5. The van der Waals surface area contributed by atoms with Crippen LogP contribution in [0.4, 0.5) is 0 Å². The number of nitrogens with zero attached hydrogens (tertiary/aromatic N) is 2. The second kappa shape index (κ2) is 6.57. The van der Waals surface area contributed by atoms with Gasteiger partial charge in [-0.05, 0) is 25.7 Å². The SMILES string of the molecule is CCC1(C(=O)N2CCCN(CC(=O)O)CC2)CCCC1. The van der Waals surface area contributed by atoms with Crippen molar-refractivity contribution < 1.29 is 14.7 Å². The Morgan fingerprint density at radius 3 is 2.35 bits per heavy atom. The number of amides is 1. The summed E-state index contributed by atoms with van der Waals surface area (Å²) in [5.41, 5.74) is -0.123. The molecule has 5 nitrogen and oxygen atoms in total. The summed E-state index contributed by atoms with van der Waals surface area (Å²) in [5.74, 6) is -0.472. The Labute approximate surface area is 120 Å². The normalized spacial score (nSPS) is 23.6. The molecular formula is C15H26N2O3. The molecule has 0 aromatic heterocycles. The van der Waals surface area contributed by atoms with E-state index in [1.54, 1.807) is 0 Å². The number of carbonyl (C=O) groups excluding carboxylic acids is 1. The van der Waals surface area contributed by atoms with Crippen molar-refractivity contribution in [2.45, 2.75) is 45.4 Å². The molecule has 0 bridgehead atoms. The van der Waals surface area contributed by atoms with Crippen LogP contribution in [-0.2, 0) is 9.59 Å². The summed E-state index contributed by atoms with van der Waals surface area (Å²) in [6, 6.07) is 0. The summed E-state index contributed by atoms with van der Waals surface area (Å²) in [6.07, 6.45) is 6.19. The zero-order chi connectivity index (χ0) is 14.6. The molecule has 1 aliphatic heterocycles. The third kappa shape index (κ3) is 3.32. The number of carboxylic acids is 1. The maximum Gasteiger partial charge on any atom is 0.317 e. The molecule has 1 N–H and O–H groups in total. The molecule has 5 heteroatoms. The fourth-order valence-corrected chi connectivity index (χ4v) is 3.63. The average molecular weight is 282 g/mol. The molecule has 1 aliphatic carbocycles. The Bertz CT molecular complexity index is 364. The van der Waals surface area contributed by atoms with E-state index < -0.39 is 5.97 Å². The molecule has 2 aliphatic rings. The van der Waals surface area contributed by atoms with Crippen LogP contribution in [0.3, 0.4) is 0 Å². The van der Waals surface area contributed by atoms with Crippen molar-refractivity contribution in [3.05, 3.63) is 0 Å². The lowest BCUT2D eigenvalue weighted by atomic mass is 9.82. The topological polar surface area (TPSA) is 60.9 Å². The van der Waals surface area contributed by atoms with Crippen molar-refractivity contribution in [2.24, 2.45) is 5.41 Å². The van der Waals surface area contributed by atoms with Gasteiger partial charge >= 0.3 is 5.97 Å². The van der Waals surface area contributed by atoms with E-state index in [4.69, 9.17) is 5.11 Å². The summed E-state index contributed by atoms with van der Waals surface area (Å²) in [6.45, 7) is 5.11. The number of carbonyl (C=O) groups is 2. The van der Waals surface area contributed by atoms with Crippen LogP contribution in [0, 0.1) is 5.41 Å². The summed E-state index contributed by atoms with van der Waals surface area (Å²) >= 11 is 0. The Morgan fingerprint density at radius 1 is 1.05 bits per heavy atom. The Kier molecular flexibility index (Phi) is 5.02. The molecule has 114 valence electrons. The van der Waals surface area contributed by atoms with E-state index in [1.165, 1.54) is 12.8 Å². The standard InChI is InChI=1S/C15H26N2O3/c1-2-15(6-3-4-7-15)14(20)17-9-5-8-16(10-11-17)12-13(18)19/h2-12H2,1H3,(H,18,19). The molecule has 0 aromatic rings. The lowest BCUT2D eigenvalue weighted by Gasteiger charge is -2.33. The highest BCUT2D eigenvalue weighted by Gasteiger charge is 2.41. The molecule has 0 radical (unpaired) electrons. The van der Waals surface area contributed by atoms with Crippen LogP contribution in [0.5, 0.6) is 0 Å². The molecule has 1 amide bonds. The van der Waals surface area contributed by atoms with Crippen molar-refractivity contribution in [3.8, 4) is 0 Å². The first kappa shape index (κ1) is 15.3. The van der Waals surface area contributed by atoms with Gasteiger partial charge in [0.25, 0.3) is 0 Å². The van der Waals surface area contributed by atoms with Gasteiger partial charge in [-0.25, -0.2) is 0 Å². The highest BCUT2D eigenvalue weighted by atomic mass is 16.4. The Morgan fingerprint density at radius 2 is 1.75 bits per heavy atom. The molecule has 0 aromatic carbocycles. The maximum absolute atomic E-state index is 12.8. The molecule has 1 saturated carbocycles. The number of aliphatic carboxylic acids is 1. The fraction of sp³-hybridized carbons (Fsp3) is 0.867. The highest BCUT2D eigenvalue weighted by molar-refractivity contribution is 5.83. The van der Waals surface area contributed by atoms with Crippen molar-refractivity contribution >= 4 is 11.9 Å². The molecular weight excluding hydrogens is 256 g/mol. The minimum Gasteiger partial charge on any atom is -0.480 e. The van der Waals surface area contributed by atoms with Crippen LogP contribution in [0.2, 0.25) is 0 Å². The van der Waals surface area contributed by atoms with E-state index in [-0.39, 0.29) is 12.0 Å². The molecule has 0 spiro atoms. The van der Waals surface area contributed by atoms with Gasteiger partial charge in [0.2, 0.25) is 5.91 Å². The molecule has 20 heavy (non-hydrogen) atoms. The molecule has 1 saturated heterocycles. The van der Waals surface area contributed by atoms with Crippen LogP contribution in [0.15, 0.2) is 0 Å². The van der Waals surface area contributed by atoms with E-state index in [1.807, 2.05) is 9.80 Å². The summed E-state index contributed by atoms with van der Waals surface area (Å²) in [5, 5.41) is 8.86. The van der Waals surface area contributed by atoms with E-state index in [2.05, 4.69) is 6.92 Å². The van der Waals surface area contributed by atoms with Crippen LogP contribution < -0.4 is 0 Å². The van der Waals surface area contributed by atoms with Gasteiger partial charge in [-0.3, -0.25) is 14.5 Å². The Hall–Kier alpha value is -1.10. The van der Waals surface area contributed by atoms with Crippen molar-refractivity contribution in [1.82, 2.24) is 9.80 Å². The summed E-state index contributed by atoms with van der Waals surface area (Å²) in [7, 11) is 0. The van der Waals surface area contributed by atoms with Crippen LogP contribution in [0.25, 0.3) is 0 Å². The quantitative estimate of drug-likeness (QED) is 0.850. The molecule has 0 unspecified atom stereocenters. The van der Waals surface area contributed by atoms with E-state index in [0.717, 1.165) is 38.8 Å². The van der Waals surface area contributed by atoms with Gasteiger partial charge in [0.05, 0.1) is 6.54 Å². The number of hydrogen-bond acceptors (Lipinski definition) is 3. The van der Waals surface area contributed by atoms with Crippen LogP contribution in [-0.4, -0.2) is 59.5 Å². The minimum atomic E-state index is -0.786. The largest absolute Gasteiger partial charge is 0.480 e. The molecule has 1 heterocycles. The average Bonchev–Trinajstić information content (AvgIpc) is 2.80. The monoisotopic (exact) mass is 282 g/mol. The number of carboxylic acid groups (broad SMARTS) is 1. The van der Waals surface area contributed by atoms with Gasteiger partial charge in [-0.15, -0.1) is 0 Å². The van der Waals surface area contributed by atoms with E-state index >= 15 is 0 Å². The summed E-state index contributed by atoms with van der Waals surface area (Å²) < 4.78 is 0. The van der Waals surface area contributed by atoms with Crippen molar-refractivity contribution in [1.29, 1.82) is 0 Å². The third-order valence-electron chi connectivity index (χ3n) is 4.93. The lowest BCUT2D eigenvalue weighted by Crippen LogP contribution is -2.44. The first-order chi connectivity index (χ1) is 9.57. The van der Waals surface area contributed by atoms with Gasteiger partial charge in [0.15, 0.2) is 0 Å². The van der Waals surface area contributed by atoms with Gasteiger partial charge < -0.3 is 10.0 Å². The molecule has 2 fully saturated rings.